The predicted molar refractivity (Wildman–Crippen MR) is 53.1 cm³/mol. The number of ether oxygens (including phenoxy) is 1. The van der Waals surface area contributed by atoms with E-state index in [1.807, 2.05) is 19.1 Å². The SMILES string of the molecule is COc1cccc([C](C)CO)c1Cl. The van der Waals surface area contributed by atoms with E-state index in [0.717, 1.165) is 11.5 Å². The summed E-state index contributed by atoms with van der Waals surface area (Å²) in [6, 6.07) is 5.49. The summed E-state index contributed by atoms with van der Waals surface area (Å²) >= 11 is 6.03. The number of methoxy groups -OCH3 is 1. The maximum Gasteiger partial charge on any atom is 0.137 e. The fraction of sp³-hybridized carbons (Fsp3) is 0.300. The Hall–Kier alpha value is -0.730. The Balaban J connectivity index is 3.08. The predicted octanol–water partition coefficient (Wildman–Crippen LogP) is 2.28. The number of halogens is 1. The minimum atomic E-state index is 0.00683. The van der Waals surface area contributed by atoms with E-state index >= 15 is 0 Å². The third-order valence-electron chi connectivity index (χ3n) is 1.88. The van der Waals surface area contributed by atoms with Gasteiger partial charge in [0, 0.05) is 5.92 Å². The fourth-order valence-corrected chi connectivity index (χ4v) is 1.45. The largest absolute Gasteiger partial charge is 0.495 e. The van der Waals surface area contributed by atoms with Gasteiger partial charge in [-0.3, -0.25) is 0 Å². The molecule has 0 aliphatic heterocycles. The maximum absolute atomic E-state index is 8.94. The minimum Gasteiger partial charge on any atom is -0.495 e. The molecule has 1 aromatic rings. The van der Waals surface area contributed by atoms with Crippen LogP contribution in [0, 0.1) is 5.92 Å². The summed E-state index contributed by atoms with van der Waals surface area (Å²) in [6.07, 6.45) is 0. The lowest BCUT2D eigenvalue weighted by atomic mass is 10.0. The number of aliphatic hydroxyl groups excluding tert-OH is 1. The zero-order chi connectivity index (χ0) is 9.84. The molecular weight excluding hydrogens is 188 g/mol. The van der Waals surface area contributed by atoms with Crippen molar-refractivity contribution in [1.82, 2.24) is 0 Å². The van der Waals surface area contributed by atoms with Crippen molar-refractivity contribution in [2.45, 2.75) is 6.92 Å². The minimum absolute atomic E-state index is 0.00683. The van der Waals surface area contributed by atoms with Gasteiger partial charge in [0.2, 0.25) is 0 Å². The number of hydrogen-bond donors (Lipinski definition) is 1. The summed E-state index contributed by atoms with van der Waals surface area (Å²) in [7, 11) is 1.57. The van der Waals surface area contributed by atoms with Crippen molar-refractivity contribution in [1.29, 1.82) is 0 Å². The van der Waals surface area contributed by atoms with Gasteiger partial charge >= 0.3 is 0 Å². The second kappa shape index (κ2) is 4.49. The van der Waals surface area contributed by atoms with Crippen LogP contribution in [0.2, 0.25) is 5.02 Å². The topological polar surface area (TPSA) is 29.5 Å². The summed E-state index contributed by atoms with van der Waals surface area (Å²) in [5.74, 6) is 1.47. The molecule has 1 N–H and O–H groups in total. The third-order valence-corrected chi connectivity index (χ3v) is 2.27. The standard InChI is InChI=1S/C10H12ClO2/c1-7(6-12)8-4-3-5-9(13-2)10(8)11/h3-5,12H,6H2,1-2H3. The second-order valence-electron chi connectivity index (χ2n) is 2.76. The Morgan fingerprint density at radius 1 is 1.54 bits per heavy atom. The number of aliphatic hydroxyl groups is 1. The Morgan fingerprint density at radius 2 is 2.23 bits per heavy atom. The number of rotatable bonds is 3. The monoisotopic (exact) mass is 199 g/mol. The first-order valence-corrected chi connectivity index (χ1v) is 4.34. The lowest BCUT2D eigenvalue weighted by Gasteiger charge is -2.12. The van der Waals surface area contributed by atoms with Gasteiger partial charge in [-0.2, -0.15) is 0 Å². The third kappa shape index (κ3) is 2.14. The fourth-order valence-electron chi connectivity index (χ4n) is 1.08. The van der Waals surface area contributed by atoms with E-state index in [0.29, 0.717) is 10.8 Å². The van der Waals surface area contributed by atoms with Crippen molar-refractivity contribution in [2.75, 3.05) is 13.7 Å². The summed E-state index contributed by atoms with van der Waals surface area (Å²) < 4.78 is 5.05. The first kappa shape index (κ1) is 10.4. The highest BCUT2D eigenvalue weighted by molar-refractivity contribution is 6.33. The van der Waals surface area contributed by atoms with E-state index in [9.17, 15) is 0 Å². The molecule has 0 fully saturated rings. The molecule has 1 aromatic carbocycles. The van der Waals surface area contributed by atoms with E-state index in [1.165, 1.54) is 0 Å². The van der Waals surface area contributed by atoms with Gasteiger partial charge in [0.05, 0.1) is 18.7 Å². The summed E-state index contributed by atoms with van der Waals surface area (Å²) in [5, 5.41) is 9.49. The number of benzene rings is 1. The van der Waals surface area contributed by atoms with E-state index in [2.05, 4.69) is 0 Å². The van der Waals surface area contributed by atoms with Crippen LogP contribution in [0.5, 0.6) is 5.75 Å². The van der Waals surface area contributed by atoms with Gasteiger partial charge in [-0.1, -0.05) is 30.7 Å². The molecule has 0 saturated carbocycles. The van der Waals surface area contributed by atoms with Crippen LogP contribution in [0.3, 0.4) is 0 Å². The van der Waals surface area contributed by atoms with E-state index in [-0.39, 0.29) is 6.61 Å². The van der Waals surface area contributed by atoms with Gasteiger partial charge in [-0.15, -0.1) is 0 Å². The second-order valence-corrected chi connectivity index (χ2v) is 3.14. The molecule has 1 rings (SSSR count). The van der Waals surface area contributed by atoms with Crippen LogP contribution in [0.4, 0.5) is 0 Å². The number of hydrogen-bond acceptors (Lipinski definition) is 2. The zero-order valence-electron chi connectivity index (χ0n) is 7.67. The molecule has 3 heteroatoms. The zero-order valence-corrected chi connectivity index (χ0v) is 8.43. The van der Waals surface area contributed by atoms with Crippen molar-refractivity contribution in [3.8, 4) is 5.75 Å². The quantitative estimate of drug-likeness (QED) is 0.810. The molecule has 0 atom stereocenters. The van der Waals surface area contributed by atoms with Gasteiger partial charge in [-0.25, -0.2) is 0 Å². The Labute approximate surface area is 83.1 Å². The van der Waals surface area contributed by atoms with Crippen LogP contribution in [-0.2, 0) is 0 Å². The molecule has 0 aliphatic carbocycles. The molecule has 71 valence electrons. The highest BCUT2D eigenvalue weighted by Gasteiger charge is 2.12. The smallest absolute Gasteiger partial charge is 0.137 e. The maximum atomic E-state index is 8.94. The summed E-state index contributed by atoms with van der Waals surface area (Å²) in [6.45, 7) is 1.84. The molecule has 1 radical (unpaired) electrons. The highest BCUT2D eigenvalue weighted by atomic mass is 35.5. The Kier molecular flexibility index (Phi) is 3.58. The highest BCUT2D eigenvalue weighted by Crippen LogP contribution is 2.31. The molecule has 0 heterocycles. The Morgan fingerprint density at radius 3 is 2.77 bits per heavy atom. The Bertz CT molecular complexity index is 286. The molecule has 0 saturated heterocycles. The molecule has 2 nitrogen and oxygen atoms in total. The molecule has 0 aromatic heterocycles. The van der Waals surface area contributed by atoms with E-state index < -0.39 is 0 Å². The van der Waals surface area contributed by atoms with Crippen molar-refractivity contribution in [3.05, 3.63) is 34.7 Å². The van der Waals surface area contributed by atoms with Gasteiger partial charge in [0.25, 0.3) is 0 Å². The van der Waals surface area contributed by atoms with Gasteiger partial charge in [-0.05, 0) is 11.6 Å². The van der Waals surface area contributed by atoms with Crippen molar-refractivity contribution >= 4 is 11.6 Å². The molecule has 0 unspecified atom stereocenters. The molecular formula is C10H12ClO2. The summed E-state index contributed by atoms with van der Waals surface area (Å²) in [5.41, 5.74) is 0.837. The van der Waals surface area contributed by atoms with Crippen LogP contribution < -0.4 is 4.74 Å². The van der Waals surface area contributed by atoms with E-state index in [1.54, 1.807) is 13.2 Å². The lowest BCUT2D eigenvalue weighted by molar-refractivity contribution is 0.314. The van der Waals surface area contributed by atoms with Crippen LogP contribution in [0.1, 0.15) is 12.5 Å². The molecule has 0 spiro atoms. The molecule has 0 bridgehead atoms. The van der Waals surface area contributed by atoms with Gasteiger partial charge in [0.1, 0.15) is 5.75 Å². The van der Waals surface area contributed by atoms with Crippen molar-refractivity contribution in [2.24, 2.45) is 0 Å². The summed E-state index contributed by atoms with van der Waals surface area (Å²) in [4.78, 5) is 0. The molecule has 0 aliphatic rings. The van der Waals surface area contributed by atoms with Crippen molar-refractivity contribution < 1.29 is 9.84 Å². The van der Waals surface area contributed by atoms with Crippen LogP contribution in [0.15, 0.2) is 18.2 Å². The van der Waals surface area contributed by atoms with Gasteiger partial charge in [0.15, 0.2) is 0 Å². The lowest BCUT2D eigenvalue weighted by Crippen LogP contribution is -2.01. The first-order chi connectivity index (χ1) is 6.20. The average Bonchev–Trinajstić information content (AvgIpc) is 2.17. The van der Waals surface area contributed by atoms with Crippen LogP contribution >= 0.6 is 11.6 Å². The van der Waals surface area contributed by atoms with Crippen molar-refractivity contribution in [3.63, 3.8) is 0 Å². The average molecular weight is 200 g/mol. The normalized spacial score (nSPS) is 10.5. The molecule has 0 amide bonds. The van der Waals surface area contributed by atoms with Crippen LogP contribution in [-0.4, -0.2) is 18.8 Å². The van der Waals surface area contributed by atoms with Gasteiger partial charge < -0.3 is 9.84 Å². The first-order valence-electron chi connectivity index (χ1n) is 3.97. The molecule has 13 heavy (non-hydrogen) atoms. The van der Waals surface area contributed by atoms with E-state index in [4.69, 9.17) is 21.4 Å². The van der Waals surface area contributed by atoms with Crippen LogP contribution in [0.25, 0.3) is 0 Å².